The average Bonchev–Trinajstić information content (AvgIpc) is 2.87. The summed E-state index contributed by atoms with van der Waals surface area (Å²) < 4.78 is 6.72. The van der Waals surface area contributed by atoms with Crippen LogP contribution in [0.1, 0.15) is 20.8 Å². The molecular formula is C18H19N3O2. The van der Waals surface area contributed by atoms with E-state index in [2.05, 4.69) is 5.10 Å². The number of anilines is 1. The summed E-state index contributed by atoms with van der Waals surface area (Å²) in [6, 6.07) is 15.1. The minimum absolute atomic E-state index is 0.518. The molecule has 118 valence electrons. The molecule has 0 atom stereocenters. The van der Waals surface area contributed by atoms with Crippen molar-refractivity contribution in [2.75, 3.05) is 5.73 Å². The Morgan fingerprint density at radius 2 is 1.78 bits per heavy atom. The predicted molar refractivity (Wildman–Crippen MR) is 91.2 cm³/mol. The smallest absolute Gasteiger partial charge is 0.435 e. The summed E-state index contributed by atoms with van der Waals surface area (Å²) in [7, 11) is 0. The van der Waals surface area contributed by atoms with Gasteiger partial charge < -0.3 is 10.5 Å². The standard InChI is InChI=1S/C18H19N3O2/c1-18(2,3)23-17(22)21-14-11-7-10-13(19)15(14)16(20-21)12-8-5-4-6-9-12/h4-11H,19H2,1-3H3. The van der Waals surface area contributed by atoms with Crippen LogP contribution >= 0.6 is 0 Å². The maximum Gasteiger partial charge on any atom is 0.435 e. The molecule has 1 aromatic heterocycles. The lowest BCUT2D eigenvalue weighted by Gasteiger charge is -2.19. The van der Waals surface area contributed by atoms with Gasteiger partial charge in [0.1, 0.15) is 11.3 Å². The van der Waals surface area contributed by atoms with Crippen LogP contribution < -0.4 is 5.73 Å². The van der Waals surface area contributed by atoms with Crippen molar-refractivity contribution in [3.05, 3.63) is 48.5 Å². The van der Waals surface area contributed by atoms with Gasteiger partial charge in [0.25, 0.3) is 0 Å². The maximum atomic E-state index is 12.5. The molecule has 0 saturated heterocycles. The van der Waals surface area contributed by atoms with E-state index in [4.69, 9.17) is 10.5 Å². The van der Waals surface area contributed by atoms with Crippen molar-refractivity contribution < 1.29 is 9.53 Å². The number of hydrogen-bond acceptors (Lipinski definition) is 4. The third kappa shape index (κ3) is 2.90. The second-order valence-electron chi connectivity index (χ2n) is 6.35. The Balaban J connectivity index is 2.21. The fraction of sp³-hybridized carbons (Fsp3) is 0.222. The topological polar surface area (TPSA) is 70.1 Å². The molecule has 3 aromatic rings. The molecule has 0 saturated carbocycles. The van der Waals surface area contributed by atoms with E-state index in [9.17, 15) is 4.79 Å². The molecule has 0 unspecified atom stereocenters. The molecule has 5 heteroatoms. The number of benzene rings is 2. The summed E-state index contributed by atoms with van der Waals surface area (Å²) >= 11 is 0. The molecule has 0 aliphatic heterocycles. The highest BCUT2D eigenvalue weighted by atomic mass is 16.6. The number of carbonyl (C=O) groups is 1. The number of carbonyl (C=O) groups excluding carboxylic acids is 1. The van der Waals surface area contributed by atoms with Gasteiger partial charge in [0.05, 0.1) is 10.9 Å². The molecule has 0 aliphatic rings. The van der Waals surface area contributed by atoms with Crippen LogP contribution in [-0.4, -0.2) is 21.5 Å². The van der Waals surface area contributed by atoms with Crippen molar-refractivity contribution >= 4 is 22.7 Å². The zero-order chi connectivity index (χ0) is 16.6. The Kier molecular flexibility index (Phi) is 3.56. The van der Waals surface area contributed by atoms with E-state index in [1.807, 2.05) is 57.2 Å². The molecule has 23 heavy (non-hydrogen) atoms. The van der Waals surface area contributed by atoms with Crippen molar-refractivity contribution in [1.82, 2.24) is 9.78 Å². The number of aromatic nitrogens is 2. The number of nitrogens with zero attached hydrogens (tertiary/aromatic N) is 2. The molecule has 5 nitrogen and oxygen atoms in total. The first kappa shape index (κ1) is 15.1. The number of nitrogens with two attached hydrogens (primary N) is 1. The lowest BCUT2D eigenvalue weighted by molar-refractivity contribution is 0.0523. The van der Waals surface area contributed by atoms with Gasteiger partial charge in [-0.25, -0.2) is 4.79 Å². The monoisotopic (exact) mass is 309 g/mol. The molecular weight excluding hydrogens is 290 g/mol. The Labute approximate surface area is 134 Å². The Hall–Kier alpha value is -2.82. The normalized spacial score (nSPS) is 11.6. The van der Waals surface area contributed by atoms with E-state index in [0.29, 0.717) is 16.9 Å². The van der Waals surface area contributed by atoms with E-state index < -0.39 is 11.7 Å². The highest BCUT2D eigenvalue weighted by Gasteiger charge is 2.23. The quantitative estimate of drug-likeness (QED) is 0.688. The predicted octanol–water partition coefficient (Wildman–Crippen LogP) is 4.07. The van der Waals surface area contributed by atoms with Crippen molar-refractivity contribution in [3.8, 4) is 11.3 Å². The van der Waals surface area contributed by atoms with Crippen LogP contribution in [0.4, 0.5) is 10.5 Å². The van der Waals surface area contributed by atoms with Gasteiger partial charge in [-0.2, -0.15) is 9.78 Å². The highest BCUT2D eigenvalue weighted by Crippen LogP contribution is 2.32. The minimum Gasteiger partial charge on any atom is -0.442 e. The van der Waals surface area contributed by atoms with Gasteiger partial charge in [0.2, 0.25) is 0 Å². The second kappa shape index (κ2) is 5.43. The first-order valence-electron chi connectivity index (χ1n) is 7.43. The van der Waals surface area contributed by atoms with Crippen LogP contribution in [0.25, 0.3) is 22.2 Å². The van der Waals surface area contributed by atoms with Gasteiger partial charge in [-0.1, -0.05) is 36.4 Å². The van der Waals surface area contributed by atoms with Gasteiger partial charge in [-0.3, -0.25) is 0 Å². The fourth-order valence-corrected chi connectivity index (χ4v) is 2.44. The van der Waals surface area contributed by atoms with Crippen molar-refractivity contribution in [2.45, 2.75) is 26.4 Å². The van der Waals surface area contributed by atoms with E-state index in [-0.39, 0.29) is 0 Å². The van der Waals surface area contributed by atoms with Gasteiger partial charge in [-0.05, 0) is 32.9 Å². The van der Waals surface area contributed by atoms with Crippen LogP contribution in [0.5, 0.6) is 0 Å². The molecule has 0 radical (unpaired) electrons. The molecule has 0 bridgehead atoms. The molecule has 0 aliphatic carbocycles. The van der Waals surface area contributed by atoms with Gasteiger partial charge in [0, 0.05) is 11.3 Å². The zero-order valence-electron chi connectivity index (χ0n) is 13.4. The molecule has 2 N–H and O–H groups in total. The van der Waals surface area contributed by atoms with E-state index in [0.717, 1.165) is 10.9 Å². The number of hydrogen-bond donors (Lipinski definition) is 1. The molecule has 3 rings (SSSR count). The lowest BCUT2D eigenvalue weighted by atomic mass is 10.1. The Morgan fingerprint density at radius 1 is 1.09 bits per heavy atom. The summed E-state index contributed by atoms with van der Waals surface area (Å²) in [5.41, 5.74) is 8.32. The first-order chi connectivity index (χ1) is 10.9. The number of nitrogen functional groups attached to an aromatic ring is 1. The van der Waals surface area contributed by atoms with Crippen molar-refractivity contribution in [3.63, 3.8) is 0 Å². The fourth-order valence-electron chi connectivity index (χ4n) is 2.44. The van der Waals surface area contributed by atoms with Crippen LogP contribution in [0.15, 0.2) is 48.5 Å². The van der Waals surface area contributed by atoms with Crippen LogP contribution in [-0.2, 0) is 4.74 Å². The Morgan fingerprint density at radius 3 is 2.43 bits per heavy atom. The summed E-state index contributed by atoms with van der Waals surface area (Å²) in [6.07, 6.45) is -0.518. The molecule has 0 amide bonds. The van der Waals surface area contributed by atoms with Gasteiger partial charge >= 0.3 is 6.09 Å². The van der Waals surface area contributed by atoms with E-state index in [1.54, 1.807) is 12.1 Å². The van der Waals surface area contributed by atoms with Crippen LogP contribution in [0, 0.1) is 0 Å². The molecule has 0 fully saturated rings. The average molecular weight is 309 g/mol. The van der Waals surface area contributed by atoms with Gasteiger partial charge in [-0.15, -0.1) is 0 Å². The third-order valence-corrected chi connectivity index (χ3v) is 3.35. The summed E-state index contributed by atoms with van der Waals surface area (Å²) in [4.78, 5) is 12.5. The highest BCUT2D eigenvalue weighted by molar-refractivity contribution is 6.04. The first-order valence-corrected chi connectivity index (χ1v) is 7.43. The lowest BCUT2D eigenvalue weighted by Crippen LogP contribution is -2.27. The number of rotatable bonds is 1. The summed E-state index contributed by atoms with van der Waals surface area (Å²) in [5.74, 6) is 0. The zero-order valence-corrected chi connectivity index (χ0v) is 13.4. The number of fused-ring (bicyclic) bond motifs is 1. The van der Waals surface area contributed by atoms with Crippen molar-refractivity contribution in [2.24, 2.45) is 0 Å². The summed E-state index contributed by atoms with van der Waals surface area (Å²) in [5, 5.41) is 5.22. The molecule has 2 aromatic carbocycles. The summed E-state index contributed by atoms with van der Waals surface area (Å²) in [6.45, 7) is 5.47. The Bertz CT molecular complexity index is 861. The van der Waals surface area contributed by atoms with E-state index in [1.165, 1.54) is 4.68 Å². The van der Waals surface area contributed by atoms with Gasteiger partial charge in [0.15, 0.2) is 0 Å². The maximum absolute atomic E-state index is 12.5. The largest absolute Gasteiger partial charge is 0.442 e. The van der Waals surface area contributed by atoms with E-state index >= 15 is 0 Å². The second-order valence-corrected chi connectivity index (χ2v) is 6.35. The van der Waals surface area contributed by atoms with Crippen LogP contribution in [0.2, 0.25) is 0 Å². The SMILES string of the molecule is CC(C)(C)OC(=O)n1nc(-c2ccccc2)c2c(N)cccc21. The number of ether oxygens (including phenoxy) is 1. The third-order valence-electron chi connectivity index (χ3n) is 3.35. The van der Waals surface area contributed by atoms with Crippen LogP contribution in [0.3, 0.4) is 0 Å². The molecule has 1 heterocycles. The molecule has 0 spiro atoms. The van der Waals surface area contributed by atoms with Crippen molar-refractivity contribution in [1.29, 1.82) is 0 Å². The minimum atomic E-state index is -0.595.